The van der Waals surface area contributed by atoms with Gasteiger partial charge in [0.15, 0.2) is 0 Å². The SMILES string of the molecule is COc1ccccc1-c1nc(C)c(NC(=O)OCc2ccc(N(C)N)c(N)c2)s1. The van der Waals surface area contributed by atoms with Gasteiger partial charge in [0, 0.05) is 7.05 Å². The molecule has 152 valence electrons. The van der Waals surface area contributed by atoms with Crippen molar-refractivity contribution in [3.05, 3.63) is 53.7 Å². The number of carbonyl (C=O) groups is 1. The Morgan fingerprint density at radius 1 is 1.28 bits per heavy atom. The Morgan fingerprint density at radius 3 is 2.72 bits per heavy atom. The zero-order chi connectivity index (χ0) is 21.0. The van der Waals surface area contributed by atoms with Gasteiger partial charge in [0.1, 0.15) is 22.4 Å². The second-order valence-electron chi connectivity index (χ2n) is 6.34. The molecule has 1 aromatic heterocycles. The number of anilines is 3. The maximum atomic E-state index is 12.2. The van der Waals surface area contributed by atoms with E-state index >= 15 is 0 Å². The van der Waals surface area contributed by atoms with Crippen LogP contribution in [0.15, 0.2) is 42.5 Å². The van der Waals surface area contributed by atoms with Crippen LogP contribution in [0.3, 0.4) is 0 Å². The number of carbonyl (C=O) groups excluding carboxylic acids is 1. The van der Waals surface area contributed by atoms with Gasteiger partial charge in [0.2, 0.25) is 0 Å². The van der Waals surface area contributed by atoms with E-state index in [1.807, 2.05) is 31.2 Å². The predicted octanol–water partition coefficient (Wildman–Crippen LogP) is 3.77. The predicted molar refractivity (Wildman–Crippen MR) is 116 cm³/mol. The van der Waals surface area contributed by atoms with Gasteiger partial charge in [-0.05, 0) is 36.8 Å². The van der Waals surface area contributed by atoms with Crippen molar-refractivity contribution in [2.75, 3.05) is 30.2 Å². The second-order valence-corrected chi connectivity index (χ2v) is 7.34. The highest BCUT2D eigenvalue weighted by Gasteiger charge is 2.15. The molecule has 0 saturated heterocycles. The Morgan fingerprint density at radius 2 is 2.03 bits per heavy atom. The number of hydrazine groups is 1. The fourth-order valence-corrected chi connectivity index (χ4v) is 3.72. The number of nitrogens with zero attached hydrogens (tertiary/aromatic N) is 2. The lowest BCUT2D eigenvalue weighted by molar-refractivity contribution is 0.155. The largest absolute Gasteiger partial charge is 0.496 e. The monoisotopic (exact) mass is 413 g/mol. The quantitative estimate of drug-likeness (QED) is 0.320. The number of ether oxygens (including phenoxy) is 2. The number of thiazole rings is 1. The fourth-order valence-electron chi connectivity index (χ4n) is 2.74. The van der Waals surface area contributed by atoms with Crippen LogP contribution in [0.5, 0.6) is 5.75 Å². The summed E-state index contributed by atoms with van der Waals surface area (Å²) in [5, 5.41) is 5.55. The summed E-state index contributed by atoms with van der Waals surface area (Å²) in [7, 11) is 3.31. The summed E-state index contributed by atoms with van der Waals surface area (Å²) in [6.07, 6.45) is -0.568. The van der Waals surface area contributed by atoms with Crippen LogP contribution < -0.4 is 26.6 Å². The van der Waals surface area contributed by atoms with Crippen molar-refractivity contribution < 1.29 is 14.3 Å². The van der Waals surface area contributed by atoms with Gasteiger partial charge < -0.3 is 20.2 Å². The van der Waals surface area contributed by atoms with Crippen molar-refractivity contribution in [1.29, 1.82) is 0 Å². The summed E-state index contributed by atoms with van der Waals surface area (Å²) in [5.41, 5.74) is 9.50. The lowest BCUT2D eigenvalue weighted by Gasteiger charge is -2.15. The number of nitrogens with two attached hydrogens (primary N) is 2. The minimum Gasteiger partial charge on any atom is -0.496 e. The number of nitrogens with one attached hydrogen (secondary N) is 1. The molecule has 0 unspecified atom stereocenters. The summed E-state index contributed by atoms with van der Waals surface area (Å²) >= 11 is 1.36. The van der Waals surface area contributed by atoms with Crippen molar-refractivity contribution in [2.24, 2.45) is 5.84 Å². The van der Waals surface area contributed by atoms with Crippen LogP contribution in [0.2, 0.25) is 0 Å². The first-order valence-electron chi connectivity index (χ1n) is 8.80. The van der Waals surface area contributed by atoms with E-state index in [2.05, 4.69) is 10.3 Å². The standard InChI is InChI=1S/C20H23N5O3S/c1-12-18(29-19(23-12)14-6-4-5-7-17(14)27-3)24-20(26)28-11-13-8-9-16(25(2)22)15(21)10-13/h4-10H,11,21-22H2,1-3H3,(H,24,26). The van der Waals surface area contributed by atoms with E-state index in [-0.39, 0.29) is 6.61 Å². The lowest BCUT2D eigenvalue weighted by atomic mass is 10.2. The Labute approximate surface area is 173 Å². The highest BCUT2D eigenvalue weighted by atomic mass is 32.1. The molecule has 1 amide bonds. The highest BCUT2D eigenvalue weighted by Crippen LogP contribution is 2.36. The number of benzene rings is 2. The number of aromatic nitrogens is 1. The molecule has 3 rings (SSSR count). The first-order chi connectivity index (χ1) is 13.9. The van der Waals surface area contributed by atoms with Crippen LogP contribution in [-0.4, -0.2) is 25.2 Å². The van der Waals surface area contributed by atoms with E-state index < -0.39 is 6.09 Å². The number of nitrogen functional groups attached to an aromatic ring is 1. The Bertz CT molecular complexity index is 1020. The molecule has 0 saturated carbocycles. The van der Waals surface area contributed by atoms with E-state index in [9.17, 15) is 4.79 Å². The first-order valence-corrected chi connectivity index (χ1v) is 9.62. The van der Waals surface area contributed by atoms with E-state index in [0.717, 1.165) is 21.9 Å². The molecule has 0 radical (unpaired) electrons. The zero-order valence-electron chi connectivity index (χ0n) is 16.4. The van der Waals surface area contributed by atoms with Gasteiger partial charge in [-0.1, -0.05) is 29.5 Å². The van der Waals surface area contributed by atoms with Crippen LogP contribution in [0, 0.1) is 6.92 Å². The molecule has 0 atom stereocenters. The van der Waals surface area contributed by atoms with Gasteiger partial charge in [-0.3, -0.25) is 5.32 Å². The van der Waals surface area contributed by atoms with Gasteiger partial charge in [0.25, 0.3) is 0 Å². The summed E-state index contributed by atoms with van der Waals surface area (Å²) < 4.78 is 10.7. The molecule has 2 aromatic carbocycles. The summed E-state index contributed by atoms with van der Waals surface area (Å²) in [5.74, 6) is 6.42. The van der Waals surface area contributed by atoms with Crippen molar-refractivity contribution in [1.82, 2.24) is 4.98 Å². The third-order valence-corrected chi connectivity index (χ3v) is 5.30. The van der Waals surface area contributed by atoms with E-state index in [0.29, 0.717) is 22.1 Å². The molecule has 0 bridgehead atoms. The molecule has 0 aliphatic heterocycles. The van der Waals surface area contributed by atoms with Crippen molar-refractivity contribution in [3.63, 3.8) is 0 Å². The van der Waals surface area contributed by atoms with Crippen LogP contribution in [-0.2, 0) is 11.3 Å². The number of hydrogen-bond donors (Lipinski definition) is 3. The smallest absolute Gasteiger partial charge is 0.412 e. The number of para-hydroxylation sites is 1. The molecule has 0 aliphatic rings. The third-order valence-electron chi connectivity index (χ3n) is 4.19. The first kappa shape index (κ1) is 20.4. The van der Waals surface area contributed by atoms with Gasteiger partial charge in [-0.2, -0.15) is 0 Å². The molecule has 5 N–H and O–H groups in total. The molecule has 9 heteroatoms. The molecular weight excluding hydrogens is 390 g/mol. The lowest BCUT2D eigenvalue weighted by Crippen LogP contribution is -2.26. The molecule has 0 aliphatic carbocycles. The van der Waals surface area contributed by atoms with Crippen LogP contribution in [0.4, 0.5) is 21.2 Å². The van der Waals surface area contributed by atoms with Gasteiger partial charge >= 0.3 is 6.09 Å². The van der Waals surface area contributed by atoms with Gasteiger partial charge in [-0.15, -0.1) is 0 Å². The summed E-state index contributed by atoms with van der Waals surface area (Å²) in [6.45, 7) is 1.91. The summed E-state index contributed by atoms with van der Waals surface area (Å²) in [4.78, 5) is 16.8. The highest BCUT2D eigenvalue weighted by molar-refractivity contribution is 7.19. The molecule has 1 heterocycles. The second kappa shape index (κ2) is 8.80. The maximum Gasteiger partial charge on any atom is 0.412 e. The molecule has 0 fully saturated rings. The van der Waals surface area contributed by atoms with Crippen LogP contribution >= 0.6 is 11.3 Å². The van der Waals surface area contributed by atoms with E-state index in [1.165, 1.54) is 16.3 Å². The molecule has 3 aromatic rings. The topological polar surface area (TPSA) is 116 Å². The molecule has 29 heavy (non-hydrogen) atoms. The van der Waals surface area contributed by atoms with Crippen LogP contribution in [0.25, 0.3) is 10.6 Å². The van der Waals surface area contributed by atoms with Crippen molar-refractivity contribution in [3.8, 4) is 16.3 Å². The van der Waals surface area contributed by atoms with Crippen molar-refractivity contribution >= 4 is 33.8 Å². The minimum absolute atomic E-state index is 0.0851. The fraction of sp³-hybridized carbons (Fsp3) is 0.200. The Balaban J connectivity index is 1.66. The number of aryl methyl sites for hydroxylation is 1. The zero-order valence-corrected chi connectivity index (χ0v) is 17.2. The van der Waals surface area contributed by atoms with E-state index in [4.69, 9.17) is 21.1 Å². The van der Waals surface area contributed by atoms with Crippen molar-refractivity contribution in [2.45, 2.75) is 13.5 Å². The minimum atomic E-state index is -0.568. The molecule has 0 spiro atoms. The average molecular weight is 414 g/mol. The van der Waals surface area contributed by atoms with Gasteiger partial charge in [-0.25, -0.2) is 15.6 Å². The van der Waals surface area contributed by atoms with E-state index in [1.54, 1.807) is 32.4 Å². The molecular formula is C20H23N5O3S. The normalized spacial score (nSPS) is 10.5. The number of rotatable bonds is 6. The Hall–Kier alpha value is -3.30. The Kier molecular flexibility index (Phi) is 6.20. The van der Waals surface area contributed by atoms with Gasteiger partial charge in [0.05, 0.1) is 29.7 Å². The summed E-state index contributed by atoms with van der Waals surface area (Å²) in [6, 6.07) is 12.9. The third kappa shape index (κ3) is 4.76. The number of hydrogen-bond acceptors (Lipinski definition) is 8. The van der Waals surface area contributed by atoms with Crippen LogP contribution in [0.1, 0.15) is 11.3 Å². The molecule has 8 nitrogen and oxygen atoms in total. The number of amides is 1. The number of methoxy groups -OCH3 is 1. The average Bonchev–Trinajstić information content (AvgIpc) is 3.06. The maximum absolute atomic E-state index is 12.2.